The number of esters is 1. The van der Waals surface area contributed by atoms with Gasteiger partial charge in [-0.25, -0.2) is 9.79 Å². The average molecular weight is 616 g/mol. The van der Waals surface area contributed by atoms with Crippen LogP contribution >= 0.6 is 11.3 Å². The van der Waals surface area contributed by atoms with Crippen LogP contribution in [0.3, 0.4) is 0 Å². The summed E-state index contributed by atoms with van der Waals surface area (Å²) >= 11 is 1.21. The maximum atomic E-state index is 13.9. The van der Waals surface area contributed by atoms with Gasteiger partial charge in [-0.15, -0.1) is 0 Å². The number of para-hydroxylation sites is 1. The highest BCUT2D eigenvalue weighted by Gasteiger charge is 2.35. The van der Waals surface area contributed by atoms with E-state index in [2.05, 4.69) is 4.99 Å². The van der Waals surface area contributed by atoms with Crippen LogP contribution in [0.25, 0.3) is 6.08 Å². The summed E-state index contributed by atoms with van der Waals surface area (Å²) < 4.78 is 24.3. The summed E-state index contributed by atoms with van der Waals surface area (Å²) in [5.41, 5.74) is 2.49. The number of nitro benzene ring substituents is 1. The van der Waals surface area contributed by atoms with E-state index in [1.54, 1.807) is 56.3 Å². The number of carbonyl (C=O) groups is 1. The van der Waals surface area contributed by atoms with Crippen LogP contribution in [-0.2, 0) is 16.1 Å². The molecule has 0 amide bonds. The summed E-state index contributed by atoms with van der Waals surface area (Å²) in [6.07, 6.45) is 1.73. The van der Waals surface area contributed by atoms with Crippen molar-refractivity contribution in [3.63, 3.8) is 0 Å². The van der Waals surface area contributed by atoms with Crippen molar-refractivity contribution in [3.05, 3.63) is 124 Å². The average Bonchev–Trinajstić information content (AvgIpc) is 3.33. The molecule has 11 nitrogen and oxygen atoms in total. The number of nitro groups is 1. The van der Waals surface area contributed by atoms with Crippen LogP contribution in [0.2, 0.25) is 0 Å². The number of hydrogen-bond donors (Lipinski definition) is 0. The van der Waals surface area contributed by atoms with Crippen molar-refractivity contribution in [2.24, 2.45) is 4.99 Å². The maximum absolute atomic E-state index is 13.9. The van der Waals surface area contributed by atoms with Crippen LogP contribution in [-0.4, -0.2) is 36.3 Å². The molecule has 0 radical (unpaired) electrons. The Morgan fingerprint density at radius 1 is 1.05 bits per heavy atom. The van der Waals surface area contributed by atoms with Crippen molar-refractivity contribution in [2.45, 2.75) is 26.5 Å². The van der Waals surface area contributed by atoms with Gasteiger partial charge in [0.2, 0.25) is 0 Å². The number of non-ortho nitro benzene ring substituents is 1. The van der Waals surface area contributed by atoms with Gasteiger partial charge < -0.3 is 18.9 Å². The summed E-state index contributed by atoms with van der Waals surface area (Å²) in [5.74, 6) is 0.890. The van der Waals surface area contributed by atoms with E-state index in [9.17, 15) is 19.7 Å². The molecule has 0 spiro atoms. The molecule has 226 valence electrons. The molecule has 44 heavy (non-hydrogen) atoms. The van der Waals surface area contributed by atoms with Crippen LogP contribution in [0.1, 0.15) is 36.6 Å². The number of rotatable bonds is 10. The van der Waals surface area contributed by atoms with E-state index in [1.807, 2.05) is 18.2 Å². The highest BCUT2D eigenvalue weighted by atomic mass is 32.1. The number of nitrogens with zero attached hydrogens (tertiary/aromatic N) is 3. The van der Waals surface area contributed by atoms with Gasteiger partial charge in [0.1, 0.15) is 18.4 Å². The van der Waals surface area contributed by atoms with E-state index < -0.39 is 16.9 Å². The first-order chi connectivity index (χ1) is 21.2. The highest BCUT2D eigenvalue weighted by Crippen LogP contribution is 2.36. The van der Waals surface area contributed by atoms with E-state index in [1.165, 1.54) is 42.3 Å². The maximum Gasteiger partial charge on any atom is 0.338 e. The Morgan fingerprint density at radius 2 is 1.77 bits per heavy atom. The summed E-state index contributed by atoms with van der Waals surface area (Å²) in [7, 11) is 3.05. The lowest BCUT2D eigenvalue weighted by molar-refractivity contribution is -0.384. The van der Waals surface area contributed by atoms with Gasteiger partial charge in [0.05, 0.1) is 41.6 Å². The predicted octanol–water partition coefficient (Wildman–Crippen LogP) is 4.30. The Hall–Kier alpha value is -5.23. The number of fused-ring (bicyclic) bond motifs is 1. The molecule has 0 unspecified atom stereocenters. The summed E-state index contributed by atoms with van der Waals surface area (Å²) in [5, 5.41) is 10.9. The van der Waals surface area contributed by atoms with Gasteiger partial charge in [-0.05, 0) is 61.4 Å². The lowest BCUT2D eigenvalue weighted by Crippen LogP contribution is -2.40. The third-order valence-corrected chi connectivity index (χ3v) is 7.96. The Balaban J connectivity index is 1.52. The zero-order chi connectivity index (χ0) is 31.4. The number of hydrogen-bond acceptors (Lipinski definition) is 10. The molecular weight excluding hydrogens is 586 g/mol. The van der Waals surface area contributed by atoms with Crippen molar-refractivity contribution in [1.29, 1.82) is 0 Å². The number of methoxy groups -OCH3 is 2. The van der Waals surface area contributed by atoms with Crippen LogP contribution in [0.15, 0.2) is 87.8 Å². The van der Waals surface area contributed by atoms with Crippen molar-refractivity contribution >= 4 is 29.1 Å². The van der Waals surface area contributed by atoms with E-state index in [-0.39, 0.29) is 30.0 Å². The van der Waals surface area contributed by atoms with Gasteiger partial charge in [0.25, 0.3) is 11.2 Å². The molecule has 0 aliphatic carbocycles. The van der Waals surface area contributed by atoms with Crippen LogP contribution < -0.4 is 29.1 Å². The third-order valence-electron chi connectivity index (χ3n) is 6.98. The second-order valence-corrected chi connectivity index (χ2v) is 10.7. The monoisotopic (exact) mass is 615 g/mol. The molecule has 0 N–H and O–H groups in total. The van der Waals surface area contributed by atoms with Gasteiger partial charge in [0, 0.05) is 17.7 Å². The first-order valence-electron chi connectivity index (χ1n) is 13.6. The fourth-order valence-corrected chi connectivity index (χ4v) is 5.94. The topological polar surface area (TPSA) is 131 Å². The van der Waals surface area contributed by atoms with Gasteiger partial charge in [-0.2, -0.15) is 0 Å². The number of aromatic nitrogens is 1. The largest absolute Gasteiger partial charge is 0.496 e. The first-order valence-corrected chi connectivity index (χ1v) is 14.4. The summed E-state index contributed by atoms with van der Waals surface area (Å²) in [4.78, 5) is 42.6. The van der Waals surface area contributed by atoms with Crippen molar-refractivity contribution in [3.8, 4) is 17.2 Å². The van der Waals surface area contributed by atoms with E-state index >= 15 is 0 Å². The standard InChI is InChI=1S/C32H29N3O8S/c1-5-42-31(37)28-19(2)33-32-34(29(28)23-8-6-7-9-24(23)40-3)30(36)27(44-32)17-21-12-15-25(26(16-21)41-4)43-18-20-10-13-22(14-11-20)35(38)39/h6-17,29H,5,18H2,1-4H3/b27-17+/t29-/m1/s1. The molecule has 1 aromatic heterocycles. The number of carbonyl (C=O) groups excluding carboxylic acids is 1. The zero-order valence-electron chi connectivity index (χ0n) is 24.4. The first kappa shape index (κ1) is 30.2. The second kappa shape index (κ2) is 13.0. The normalized spacial score (nSPS) is 14.5. The Morgan fingerprint density at radius 3 is 2.45 bits per heavy atom. The Kier molecular flexibility index (Phi) is 8.91. The van der Waals surface area contributed by atoms with Gasteiger partial charge in [0.15, 0.2) is 16.3 Å². The lowest BCUT2D eigenvalue weighted by Gasteiger charge is -2.25. The fraction of sp³-hybridized carbons (Fsp3) is 0.219. The van der Waals surface area contributed by atoms with Crippen LogP contribution in [0.4, 0.5) is 5.69 Å². The molecule has 5 rings (SSSR count). The molecule has 1 atom stereocenters. The number of thiazole rings is 1. The molecular formula is C32H29N3O8S. The molecule has 1 aliphatic rings. The molecule has 0 saturated heterocycles. The Labute approximate surface area is 256 Å². The molecule has 1 aliphatic heterocycles. The SMILES string of the molecule is CCOC(=O)C1=C(C)N=c2s/c(=C/c3ccc(OCc4ccc([N+](=O)[O-])cc4)c(OC)c3)c(=O)n2[C@@H]1c1ccccc1OC. The van der Waals surface area contributed by atoms with E-state index in [0.29, 0.717) is 43.4 Å². The Bertz CT molecular complexity index is 1940. The molecule has 2 heterocycles. The second-order valence-electron chi connectivity index (χ2n) is 9.67. The minimum Gasteiger partial charge on any atom is -0.496 e. The van der Waals surface area contributed by atoms with E-state index in [4.69, 9.17) is 18.9 Å². The molecule has 3 aromatic carbocycles. The van der Waals surface area contributed by atoms with Crippen molar-refractivity contribution in [2.75, 3.05) is 20.8 Å². The predicted molar refractivity (Wildman–Crippen MR) is 164 cm³/mol. The molecule has 0 bridgehead atoms. The highest BCUT2D eigenvalue weighted by molar-refractivity contribution is 7.07. The van der Waals surface area contributed by atoms with Crippen LogP contribution in [0.5, 0.6) is 17.2 Å². The number of ether oxygens (including phenoxy) is 4. The third kappa shape index (κ3) is 5.97. The molecule has 0 fully saturated rings. The zero-order valence-corrected chi connectivity index (χ0v) is 25.3. The summed E-state index contributed by atoms with van der Waals surface area (Å²) in [6, 6.07) is 17.8. The van der Waals surface area contributed by atoms with Gasteiger partial charge in [-0.1, -0.05) is 35.6 Å². The van der Waals surface area contributed by atoms with Crippen molar-refractivity contribution in [1.82, 2.24) is 4.57 Å². The molecule has 4 aromatic rings. The van der Waals surface area contributed by atoms with Crippen molar-refractivity contribution < 1.29 is 28.7 Å². The van der Waals surface area contributed by atoms with Gasteiger partial charge >= 0.3 is 5.97 Å². The van der Waals surface area contributed by atoms with Crippen LogP contribution in [0, 0.1) is 10.1 Å². The number of benzene rings is 3. The minimum atomic E-state index is -0.798. The summed E-state index contributed by atoms with van der Waals surface area (Å²) in [6.45, 7) is 3.80. The quantitative estimate of drug-likeness (QED) is 0.147. The van der Waals surface area contributed by atoms with Gasteiger partial charge in [-0.3, -0.25) is 19.5 Å². The minimum absolute atomic E-state index is 0.00228. The molecule has 12 heteroatoms. The number of allylic oxidation sites excluding steroid dienone is 1. The smallest absolute Gasteiger partial charge is 0.338 e. The van der Waals surface area contributed by atoms with E-state index in [0.717, 1.165) is 5.56 Å². The lowest BCUT2D eigenvalue weighted by atomic mass is 9.95. The fourth-order valence-electron chi connectivity index (χ4n) is 4.90. The molecule has 0 saturated carbocycles.